The molecule has 0 radical (unpaired) electrons. The van der Waals surface area contributed by atoms with Gasteiger partial charge in [0.25, 0.3) is 0 Å². The number of methoxy groups -OCH3 is 3. The van der Waals surface area contributed by atoms with E-state index in [0.717, 1.165) is 29.8 Å². The molecule has 0 unspecified atom stereocenters. The molecule has 5 nitrogen and oxygen atoms in total. The average Bonchev–Trinajstić information content (AvgIpc) is 2.59. The SMILES string of the molecule is COc1ccc([C@H]2NCCc3cc(OC)c(OC)cc32)cc1O. The van der Waals surface area contributed by atoms with Crippen molar-refractivity contribution in [3.63, 3.8) is 0 Å². The minimum absolute atomic E-state index is 0.00429. The van der Waals surface area contributed by atoms with E-state index in [-0.39, 0.29) is 11.8 Å². The standard InChI is InChI=1S/C18H21NO4/c1-21-15-5-4-12(8-14(15)20)18-13-10-17(23-3)16(22-2)9-11(13)6-7-19-18/h4-5,8-10,18-20H,6-7H2,1-3H3/t18-/m1/s1. The first-order valence-corrected chi connectivity index (χ1v) is 7.53. The fraction of sp³-hybridized carbons (Fsp3) is 0.333. The number of hydrogen-bond acceptors (Lipinski definition) is 5. The van der Waals surface area contributed by atoms with Gasteiger partial charge in [-0.25, -0.2) is 0 Å². The lowest BCUT2D eigenvalue weighted by molar-refractivity contribution is 0.352. The predicted octanol–water partition coefficient (Wildman–Crippen LogP) is 2.65. The van der Waals surface area contributed by atoms with E-state index in [1.54, 1.807) is 33.5 Å². The topological polar surface area (TPSA) is 60.0 Å². The highest BCUT2D eigenvalue weighted by atomic mass is 16.5. The molecule has 1 heterocycles. The summed E-state index contributed by atoms with van der Waals surface area (Å²) in [5.74, 6) is 2.05. The molecule has 3 rings (SSSR count). The van der Waals surface area contributed by atoms with E-state index in [1.165, 1.54) is 5.56 Å². The third kappa shape index (κ3) is 2.80. The van der Waals surface area contributed by atoms with Crippen molar-refractivity contribution in [2.75, 3.05) is 27.9 Å². The zero-order valence-electron chi connectivity index (χ0n) is 13.6. The molecule has 2 N–H and O–H groups in total. The molecule has 0 aromatic heterocycles. The van der Waals surface area contributed by atoms with E-state index in [4.69, 9.17) is 14.2 Å². The first kappa shape index (κ1) is 15.5. The van der Waals surface area contributed by atoms with Crippen molar-refractivity contribution in [2.24, 2.45) is 0 Å². The zero-order chi connectivity index (χ0) is 16.4. The van der Waals surface area contributed by atoms with Crippen molar-refractivity contribution >= 4 is 0 Å². The normalized spacial score (nSPS) is 16.6. The van der Waals surface area contributed by atoms with Gasteiger partial charge in [-0.2, -0.15) is 0 Å². The number of ether oxygens (including phenoxy) is 3. The fourth-order valence-electron chi connectivity index (χ4n) is 3.07. The minimum Gasteiger partial charge on any atom is -0.504 e. The number of nitrogens with one attached hydrogen (secondary N) is 1. The molecular weight excluding hydrogens is 294 g/mol. The van der Waals surface area contributed by atoms with Gasteiger partial charge in [0.2, 0.25) is 0 Å². The molecular formula is C18H21NO4. The largest absolute Gasteiger partial charge is 0.504 e. The van der Waals surface area contributed by atoms with E-state index >= 15 is 0 Å². The third-order valence-electron chi connectivity index (χ3n) is 4.24. The molecule has 0 bridgehead atoms. The van der Waals surface area contributed by atoms with Crippen LogP contribution in [0.5, 0.6) is 23.0 Å². The molecule has 122 valence electrons. The van der Waals surface area contributed by atoms with Crippen molar-refractivity contribution in [3.05, 3.63) is 47.0 Å². The molecule has 1 aliphatic heterocycles. The van der Waals surface area contributed by atoms with Gasteiger partial charge in [-0.05, 0) is 47.4 Å². The van der Waals surface area contributed by atoms with E-state index in [0.29, 0.717) is 11.5 Å². The molecule has 0 amide bonds. The summed E-state index contributed by atoms with van der Waals surface area (Å²) < 4.78 is 15.9. The number of fused-ring (bicyclic) bond motifs is 1. The molecule has 5 heteroatoms. The Bertz CT molecular complexity index is 714. The number of hydrogen-bond donors (Lipinski definition) is 2. The van der Waals surface area contributed by atoms with Gasteiger partial charge >= 0.3 is 0 Å². The van der Waals surface area contributed by atoms with Crippen LogP contribution < -0.4 is 19.5 Å². The smallest absolute Gasteiger partial charge is 0.161 e. The number of phenolic OH excluding ortho intramolecular Hbond substituents is 1. The molecule has 23 heavy (non-hydrogen) atoms. The van der Waals surface area contributed by atoms with Gasteiger partial charge < -0.3 is 24.6 Å². The molecule has 0 fully saturated rings. The Kier molecular flexibility index (Phi) is 4.30. The second-order valence-corrected chi connectivity index (χ2v) is 5.47. The third-order valence-corrected chi connectivity index (χ3v) is 4.24. The van der Waals surface area contributed by atoms with Gasteiger partial charge in [0, 0.05) is 6.54 Å². The molecule has 0 spiro atoms. The summed E-state index contributed by atoms with van der Waals surface area (Å²) in [5.41, 5.74) is 3.34. The van der Waals surface area contributed by atoms with Crippen LogP contribution in [0.3, 0.4) is 0 Å². The van der Waals surface area contributed by atoms with E-state index in [9.17, 15) is 5.11 Å². The molecule has 2 aromatic carbocycles. The van der Waals surface area contributed by atoms with Crippen LogP contribution in [-0.2, 0) is 6.42 Å². The van der Waals surface area contributed by atoms with Crippen LogP contribution >= 0.6 is 0 Å². The van der Waals surface area contributed by atoms with Crippen molar-refractivity contribution in [3.8, 4) is 23.0 Å². The molecule has 0 aliphatic carbocycles. The van der Waals surface area contributed by atoms with Crippen molar-refractivity contribution in [1.82, 2.24) is 5.32 Å². The maximum atomic E-state index is 10.1. The van der Waals surface area contributed by atoms with Gasteiger partial charge in [0.1, 0.15) is 0 Å². The highest BCUT2D eigenvalue weighted by Gasteiger charge is 2.24. The molecule has 0 saturated heterocycles. The number of rotatable bonds is 4. The number of phenols is 1. The van der Waals surface area contributed by atoms with Crippen molar-refractivity contribution < 1.29 is 19.3 Å². The fourth-order valence-corrected chi connectivity index (χ4v) is 3.07. The lowest BCUT2D eigenvalue weighted by Gasteiger charge is -2.28. The lowest BCUT2D eigenvalue weighted by atomic mass is 9.89. The maximum Gasteiger partial charge on any atom is 0.161 e. The van der Waals surface area contributed by atoms with E-state index in [1.807, 2.05) is 18.2 Å². The van der Waals surface area contributed by atoms with Crippen molar-refractivity contribution in [2.45, 2.75) is 12.5 Å². The van der Waals surface area contributed by atoms with Crippen LogP contribution in [0.4, 0.5) is 0 Å². The minimum atomic E-state index is -0.00429. The zero-order valence-corrected chi connectivity index (χ0v) is 13.6. The average molecular weight is 315 g/mol. The van der Waals surface area contributed by atoms with Gasteiger partial charge in [-0.3, -0.25) is 0 Å². The van der Waals surface area contributed by atoms with Crippen LogP contribution in [0, 0.1) is 0 Å². The summed E-state index contributed by atoms with van der Waals surface area (Å²) >= 11 is 0. The maximum absolute atomic E-state index is 10.1. The Morgan fingerprint density at radius 3 is 2.30 bits per heavy atom. The highest BCUT2D eigenvalue weighted by Crippen LogP contribution is 2.39. The molecule has 1 aliphatic rings. The van der Waals surface area contributed by atoms with Crippen LogP contribution in [0.25, 0.3) is 0 Å². The highest BCUT2D eigenvalue weighted by molar-refractivity contribution is 5.53. The Hall–Kier alpha value is -2.40. The second-order valence-electron chi connectivity index (χ2n) is 5.47. The second kappa shape index (κ2) is 6.38. The van der Waals surface area contributed by atoms with E-state index < -0.39 is 0 Å². The number of aromatic hydroxyl groups is 1. The summed E-state index contributed by atoms with van der Waals surface area (Å²) in [4.78, 5) is 0. The molecule has 0 saturated carbocycles. The Labute approximate surface area is 135 Å². The summed E-state index contributed by atoms with van der Waals surface area (Å²) in [5, 5.41) is 13.6. The van der Waals surface area contributed by atoms with Crippen LogP contribution in [-0.4, -0.2) is 33.0 Å². The van der Waals surface area contributed by atoms with Gasteiger partial charge in [0.05, 0.1) is 27.4 Å². The Morgan fingerprint density at radius 2 is 1.65 bits per heavy atom. The first-order chi connectivity index (χ1) is 11.2. The van der Waals surface area contributed by atoms with Gasteiger partial charge in [-0.1, -0.05) is 6.07 Å². The van der Waals surface area contributed by atoms with Crippen LogP contribution in [0.2, 0.25) is 0 Å². The van der Waals surface area contributed by atoms with Crippen LogP contribution in [0.1, 0.15) is 22.7 Å². The van der Waals surface area contributed by atoms with Crippen molar-refractivity contribution in [1.29, 1.82) is 0 Å². The van der Waals surface area contributed by atoms with E-state index in [2.05, 4.69) is 5.32 Å². The summed E-state index contributed by atoms with van der Waals surface area (Å²) in [6.07, 6.45) is 0.925. The van der Waals surface area contributed by atoms with Gasteiger partial charge in [-0.15, -0.1) is 0 Å². The predicted molar refractivity (Wildman–Crippen MR) is 87.8 cm³/mol. The van der Waals surface area contributed by atoms with Crippen LogP contribution in [0.15, 0.2) is 30.3 Å². The Morgan fingerprint density at radius 1 is 0.957 bits per heavy atom. The summed E-state index contributed by atoms with van der Waals surface area (Å²) in [6.45, 7) is 0.861. The lowest BCUT2D eigenvalue weighted by Crippen LogP contribution is -2.30. The molecule has 1 atom stereocenters. The Balaban J connectivity index is 2.05. The summed E-state index contributed by atoms with van der Waals surface area (Å²) in [6, 6.07) is 9.51. The van der Waals surface area contributed by atoms with Gasteiger partial charge in [0.15, 0.2) is 23.0 Å². The summed E-state index contributed by atoms with van der Waals surface area (Å²) in [7, 11) is 4.82. The quantitative estimate of drug-likeness (QED) is 0.908. The monoisotopic (exact) mass is 315 g/mol. The number of benzene rings is 2. The molecule has 2 aromatic rings. The first-order valence-electron chi connectivity index (χ1n) is 7.53.